The van der Waals surface area contributed by atoms with E-state index >= 15 is 0 Å². The van der Waals surface area contributed by atoms with Gasteiger partial charge in [0.15, 0.2) is 0 Å². The molecule has 2 heteroatoms. The summed E-state index contributed by atoms with van der Waals surface area (Å²) in [7, 11) is 0. The molecule has 1 heterocycles. The Bertz CT molecular complexity index is 1430. The van der Waals surface area contributed by atoms with Crippen molar-refractivity contribution in [3.05, 3.63) is 95.5 Å². The molecule has 5 aromatic rings. The van der Waals surface area contributed by atoms with Crippen LogP contribution in [0.15, 0.2) is 83.8 Å². The van der Waals surface area contributed by atoms with Crippen molar-refractivity contribution in [1.29, 1.82) is 0 Å². The Morgan fingerprint density at radius 1 is 0.862 bits per heavy atom. The zero-order valence-electron chi connectivity index (χ0n) is 16.1. The fraction of sp³-hybridized carbons (Fsp3) is 0.0370. The first-order valence-electron chi connectivity index (χ1n) is 9.62. The summed E-state index contributed by atoms with van der Waals surface area (Å²) in [6.07, 6.45) is 5.95. The third kappa shape index (κ3) is 2.86. The predicted octanol–water partition coefficient (Wildman–Crippen LogP) is 8.74. The molecule has 0 N–H and O–H groups in total. The number of allylic oxidation sites excluding steroid dienone is 1. The van der Waals surface area contributed by atoms with E-state index in [-0.39, 0.29) is 0 Å². The summed E-state index contributed by atoms with van der Waals surface area (Å²) in [4.78, 5) is 0. The van der Waals surface area contributed by atoms with Crippen LogP contribution in [0.4, 0.5) is 0 Å². The van der Waals surface area contributed by atoms with E-state index in [1.54, 1.807) is 0 Å². The van der Waals surface area contributed by atoms with Gasteiger partial charge in [-0.3, -0.25) is 0 Å². The molecule has 0 aliphatic carbocycles. The fourth-order valence-electron chi connectivity index (χ4n) is 4.07. The molecule has 0 bridgehead atoms. The third-order valence-electron chi connectivity index (χ3n) is 5.40. The van der Waals surface area contributed by atoms with Crippen LogP contribution in [0.25, 0.3) is 56.0 Å². The zero-order chi connectivity index (χ0) is 20.0. The molecule has 0 aliphatic rings. The second-order valence-electron chi connectivity index (χ2n) is 7.14. The molecule has 0 spiro atoms. The molecular weight excluding hydrogens is 376 g/mol. The lowest BCUT2D eigenvalue weighted by atomic mass is 9.97. The summed E-state index contributed by atoms with van der Waals surface area (Å²) in [5.74, 6) is 0. The normalized spacial score (nSPS) is 11.8. The van der Waals surface area contributed by atoms with Crippen LogP contribution in [0.3, 0.4) is 0 Å². The van der Waals surface area contributed by atoms with Crippen molar-refractivity contribution in [2.75, 3.05) is 0 Å². The molecule has 0 saturated heterocycles. The maximum Gasteiger partial charge on any atom is 0.137 e. The van der Waals surface area contributed by atoms with Crippen molar-refractivity contribution in [2.24, 2.45) is 0 Å². The maximum atomic E-state index is 6.78. The molecule has 5 rings (SSSR count). The lowest BCUT2D eigenvalue weighted by Crippen LogP contribution is -1.83. The van der Waals surface area contributed by atoms with Crippen LogP contribution in [0, 0.1) is 0 Å². The third-order valence-corrected chi connectivity index (χ3v) is 5.69. The van der Waals surface area contributed by atoms with Gasteiger partial charge in [-0.05, 0) is 64.2 Å². The zero-order valence-corrected chi connectivity index (χ0v) is 16.8. The second-order valence-corrected chi connectivity index (χ2v) is 7.55. The highest BCUT2D eigenvalue weighted by Gasteiger charge is 2.15. The minimum atomic E-state index is 0.693. The molecule has 0 unspecified atom stereocenters. The number of halogens is 1. The molecule has 1 nitrogen and oxygen atoms in total. The van der Waals surface area contributed by atoms with Crippen LogP contribution in [0.2, 0.25) is 5.02 Å². The lowest BCUT2D eigenvalue weighted by Gasteiger charge is -2.08. The number of hydrogen-bond donors (Lipinski definition) is 0. The van der Waals surface area contributed by atoms with Gasteiger partial charge in [-0.25, -0.2) is 0 Å². The topological polar surface area (TPSA) is 13.1 Å². The van der Waals surface area contributed by atoms with Crippen LogP contribution in [0.5, 0.6) is 0 Å². The number of benzene rings is 4. The number of rotatable bonds is 3. The minimum Gasteiger partial charge on any atom is -0.456 e. The summed E-state index contributed by atoms with van der Waals surface area (Å²) in [5, 5.41) is 5.06. The van der Waals surface area contributed by atoms with Crippen LogP contribution in [0.1, 0.15) is 18.1 Å². The number of fused-ring (bicyclic) bond motifs is 4. The van der Waals surface area contributed by atoms with Gasteiger partial charge in [0.1, 0.15) is 11.2 Å². The van der Waals surface area contributed by atoms with Gasteiger partial charge >= 0.3 is 0 Å². The monoisotopic (exact) mass is 394 g/mol. The van der Waals surface area contributed by atoms with E-state index in [1.807, 2.05) is 25.1 Å². The number of hydrogen-bond acceptors (Lipinski definition) is 1. The van der Waals surface area contributed by atoms with E-state index in [0.717, 1.165) is 44.2 Å². The molecule has 29 heavy (non-hydrogen) atoms. The van der Waals surface area contributed by atoms with Gasteiger partial charge in [-0.15, -0.1) is 0 Å². The van der Waals surface area contributed by atoms with Crippen molar-refractivity contribution >= 4 is 56.5 Å². The Balaban J connectivity index is 1.80. The summed E-state index contributed by atoms with van der Waals surface area (Å²) < 4.78 is 6.24. The second kappa shape index (κ2) is 6.95. The number of furan rings is 1. The summed E-state index contributed by atoms with van der Waals surface area (Å²) >= 11 is 6.78. The van der Waals surface area contributed by atoms with Gasteiger partial charge in [-0.2, -0.15) is 0 Å². The van der Waals surface area contributed by atoms with Crippen LogP contribution in [-0.2, 0) is 0 Å². The summed E-state index contributed by atoms with van der Waals surface area (Å²) in [6.45, 7) is 5.96. The molecule has 140 valence electrons. The molecule has 1 aromatic heterocycles. The highest BCUT2D eigenvalue weighted by molar-refractivity contribution is 6.38. The van der Waals surface area contributed by atoms with Crippen molar-refractivity contribution in [1.82, 2.24) is 0 Å². The smallest absolute Gasteiger partial charge is 0.137 e. The van der Waals surface area contributed by atoms with E-state index in [9.17, 15) is 0 Å². The van der Waals surface area contributed by atoms with Crippen molar-refractivity contribution in [3.63, 3.8) is 0 Å². The molecule has 0 atom stereocenters. The molecule has 0 fully saturated rings. The summed E-state index contributed by atoms with van der Waals surface area (Å²) in [5.41, 5.74) is 5.97. The van der Waals surface area contributed by atoms with Gasteiger partial charge in [0, 0.05) is 10.8 Å². The van der Waals surface area contributed by atoms with Gasteiger partial charge in [0.05, 0.1) is 5.02 Å². The van der Waals surface area contributed by atoms with Gasteiger partial charge < -0.3 is 4.42 Å². The van der Waals surface area contributed by atoms with E-state index in [0.29, 0.717) is 5.02 Å². The standard InChI is InChI=1S/C27H19ClO/c1-3-8-19-15-25-23(13-17(19)4-2)27-24(28)14-20(16-26(27)29-25)22-12-7-10-18-9-5-6-11-21(18)22/h3-16H,2H2,1H3/b8-3-. The first-order chi connectivity index (χ1) is 14.2. The lowest BCUT2D eigenvalue weighted by molar-refractivity contribution is 0.669. The van der Waals surface area contributed by atoms with Gasteiger partial charge in [0.25, 0.3) is 0 Å². The van der Waals surface area contributed by atoms with Crippen molar-refractivity contribution in [2.45, 2.75) is 6.92 Å². The predicted molar refractivity (Wildman–Crippen MR) is 126 cm³/mol. The molecule has 0 aliphatic heterocycles. The maximum absolute atomic E-state index is 6.78. The molecular formula is C27H19ClO. The molecule has 0 radical (unpaired) electrons. The van der Waals surface area contributed by atoms with E-state index in [1.165, 1.54) is 10.8 Å². The molecule has 0 saturated carbocycles. The van der Waals surface area contributed by atoms with Gasteiger partial charge in [-0.1, -0.05) is 78.9 Å². The van der Waals surface area contributed by atoms with Crippen LogP contribution in [-0.4, -0.2) is 0 Å². The highest BCUT2D eigenvalue weighted by atomic mass is 35.5. The average molecular weight is 395 g/mol. The first kappa shape index (κ1) is 17.8. The van der Waals surface area contributed by atoms with Crippen LogP contribution < -0.4 is 0 Å². The van der Waals surface area contributed by atoms with Gasteiger partial charge in [0.2, 0.25) is 0 Å². The van der Waals surface area contributed by atoms with E-state index in [2.05, 4.69) is 73.3 Å². The Morgan fingerprint density at radius 3 is 2.52 bits per heavy atom. The van der Waals surface area contributed by atoms with Crippen molar-refractivity contribution in [3.8, 4) is 11.1 Å². The van der Waals surface area contributed by atoms with Crippen molar-refractivity contribution < 1.29 is 4.42 Å². The minimum absolute atomic E-state index is 0.693. The first-order valence-corrected chi connectivity index (χ1v) is 10.0. The summed E-state index contributed by atoms with van der Waals surface area (Å²) in [6, 6.07) is 23.0. The fourth-order valence-corrected chi connectivity index (χ4v) is 4.38. The Hall–Kier alpha value is -3.29. The van der Waals surface area contributed by atoms with Crippen LogP contribution >= 0.6 is 11.6 Å². The average Bonchev–Trinajstić information content (AvgIpc) is 3.10. The Kier molecular flexibility index (Phi) is 4.26. The largest absolute Gasteiger partial charge is 0.456 e. The molecule has 0 amide bonds. The SMILES string of the molecule is C=Cc1cc2c(cc1/C=C\C)oc1cc(-c3cccc4ccccc34)cc(Cl)c12. The quantitative estimate of drug-likeness (QED) is 0.298. The Morgan fingerprint density at radius 2 is 1.69 bits per heavy atom. The van der Waals surface area contributed by atoms with E-state index in [4.69, 9.17) is 16.0 Å². The highest BCUT2D eigenvalue weighted by Crippen LogP contribution is 2.40. The molecule has 4 aromatic carbocycles. The van der Waals surface area contributed by atoms with E-state index < -0.39 is 0 Å². The Labute approximate surface area is 174 Å².